The molecule has 2 rings (SSSR count). The Bertz CT molecular complexity index is 528. The molecule has 2 N–H and O–H groups in total. The lowest BCUT2D eigenvalue weighted by molar-refractivity contribution is -0.0394. The average Bonchev–Trinajstić information content (AvgIpc) is 2.65. The summed E-state index contributed by atoms with van der Waals surface area (Å²) in [6.45, 7) is -0.331. The van der Waals surface area contributed by atoms with Crippen LogP contribution in [0.5, 0.6) is 0 Å². The van der Waals surface area contributed by atoms with Crippen molar-refractivity contribution in [2.45, 2.75) is 24.9 Å². The second-order valence-corrected chi connectivity index (χ2v) is 4.13. The largest absolute Gasteiger partial charge is 0.394 e. The van der Waals surface area contributed by atoms with Gasteiger partial charge in [0, 0.05) is 12.6 Å². The predicted octanol–water partition coefficient (Wildman–Crippen LogP) is -0.192. The topological polar surface area (TPSA) is 84.3 Å². The molecule has 0 aromatic carbocycles. The van der Waals surface area contributed by atoms with E-state index in [4.69, 9.17) is 21.4 Å². The van der Waals surface area contributed by atoms with Gasteiger partial charge in [0.2, 0.25) is 0 Å². The van der Waals surface area contributed by atoms with Gasteiger partial charge in [0.1, 0.15) is 11.2 Å². The quantitative estimate of drug-likeness (QED) is 0.775. The summed E-state index contributed by atoms with van der Waals surface area (Å²) in [7, 11) is 0. The molecule has 1 aliphatic rings. The van der Waals surface area contributed by atoms with Crippen molar-refractivity contribution in [2.75, 3.05) is 6.61 Å². The van der Waals surface area contributed by atoms with Gasteiger partial charge < -0.3 is 9.84 Å². The molecule has 0 spiro atoms. The SMILES string of the molecule is O=c1[nH]c(=O)n([C@H]2O[C@@H](CO)C[C@H]2F)cc1Cl. The lowest BCUT2D eigenvalue weighted by Gasteiger charge is -2.15. The van der Waals surface area contributed by atoms with E-state index in [1.165, 1.54) is 0 Å². The van der Waals surface area contributed by atoms with Gasteiger partial charge in [-0.2, -0.15) is 0 Å². The first-order valence-electron chi connectivity index (χ1n) is 4.94. The minimum absolute atomic E-state index is 0.00957. The summed E-state index contributed by atoms with van der Waals surface area (Å²) >= 11 is 5.55. The molecule has 0 radical (unpaired) electrons. The fourth-order valence-electron chi connectivity index (χ4n) is 1.71. The molecule has 0 saturated carbocycles. The Morgan fingerprint density at radius 1 is 1.65 bits per heavy atom. The Balaban J connectivity index is 2.38. The zero-order valence-electron chi connectivity index (χ0n) is 8.60. The van der Waals surface area contributed by atoms with Gasteiger partial charge in [0.05, 0.1) is 12.7 Å². The number of aromatic amines is 1. The lowest BCUT2D eigenvalue weighted by atomic mass is 10.2. The zero-order chi connectivity index (χ0) is 12.6. The fraction of sp³-hybridized carbons (Fsp3) is 0.556. The lowest BCUT2D eigenvalue weighted by Crippen LogP contribution is -2.34. The summed E-state index contributed by atoms with van der Waals surface area (Å²) in [6.07, 6.45) is -2.25. The number of H-pyrrole nitrogens is 1. The second-order valence-electron chi connectivity index (χ2n) is 3.73. The summed E-state index contributed by atoms with van der Waals surface area (Å²) < 4.78 is 19.6. The first kappa shape index (κ1) is 12.3. The number of nitrogens with zero attached hydrogens (tertiary/aromatic N) is 1. The maximum Gasteiger partial charge on any atom is 0.330 e. The number of rotatable bonds is 2. The number of halogens is 2. The summed E-state index contributed by atoms with van der Waals surface area (Å²) in [6, 6.07) is 0. The third-order valence-electron chi connectivity index (χ3n) is 2.53. The number of aliphatic hydroxyl groups is 1. The molecule has 1 saturated heterocycles. The van der Waals surface area contributed by atoms with Gasteiger partial charge in [-0.25, -0.2) is 9.18 Å². The molecule has 17 heavy (non-hydrogen) atoms. The van der Waals surface area contributed by atoms with Gasteiger partial charge in [-0.1, -0.05) is 11.6 Å². The molecule has 1 fully saturated rings. The van der Waals surface area contributed by atoms with Crippen molar-refractivity contribution in [3.63, 3.8) is 0 Å². The number of nitrogens with one attached hydrogen (secondary N) is 1. The molecule has 94 valence electrons. The van der Waals surface area contributed by atoms with Gasteiger partial charge in [-0.15, -0.1) is 0 Å². The highest BCUT2D eigenvalue weighted by molar-refractivity contribution is 6.30. The van der Waals surface area contributed by atoms with Gasteiger partial charge >= 0.3 is 5.69 Å². The van der Waals surface area contributed by atoms with Crippen LogP contribution in [0.4, 0.5) is 4.39 Å². The highest BCUT2D eigenvalue weighted by atomic mass is 35.5. The molecule has 3 atom stereocenters. The van der Waals surface area contributed by atoms with Gasteiger partial charge in [-0.3, -0.25) is 14.3 Å². The van der Waals surface area contributed by atoms with Crippen LogP contribution in [0.3, 0.4) is 0 Å². The van der Waals surface area contributed by atoms with Crippen molar-refractivity contribution in [2.24, 2.45) is 0 Å². The fourth-order valence-corrected chi connectivity index (χ4v) is 1.87. The molecule has 1 aliphatic heterocycles. The molecule has 0 amide bonds. The number of hydrogen-bond donors (Lipinski definition) is 2. The molecule has 2 heterocycles. The van der Waals surface area contributed by atoms with Crippen LogP contribution in [0.2, 0.25) is 5.02 Å². The average molecular weight is 265 g/mol. The van der Waals surface area contributed by atoms with E-state index in [0.29, 0.717) is 0 Å². The van der Waals surface area contributed by atoms with Crippen molar-refractivity contribution >= 4 is 11.6 Å². The molecular formula is C9H10ClFN2O4. The Kier molecular flexibility index (Phi) is 3.32. The Morgan fingerprint density at radius 2 is 2.35 bits per heavy atom. The molecule has 0 unspecified atom stereocenters. The smallest absolute Gasteiger partial charge is 0.330 e. The van der Waals surface area contributed by atoms with E-state index < -0.39 is 29.8 Å². The third kappa shape index (κ3) is 2.26. The standard InChI is InChI=1S/C9H10ClFN2O4/c10-5-2-13(9(16)12-7(5)15)8-6(11)1-4(3-14)17-8/h2,4,6,8,14H,1,3H2,(H,12,15,16)/t4-,6-,8+/m1/s1. The predicted molar refractivity (Wildman–Crippen MR) is 56.8 cm³/mol. The monoisotopic (exact) mass is 264 g/mol. The summed E-state index contributed by atoms with van der Waals surface area (Å²) in [5, 5.41) is 8.62. The summed E-state index contributed by atoms with van der Waals surface area (Å²) in [5.74, 6) is 0. The van der Waals surface area contributed by atoms with E-state index in [2.05, 4.69) is 0 Å². The van der Waals surface area contributed by atoms with Crippen LogP contribution in [0.1, 0.15) is 12.6 Å². The van der Waals surface area contributed by atoms with E-state index in [-0.39, 0.29) is 18.1 Å². The van der Waals surface area contributed by atoms with Crippen molar-refractivity contribution in [3.05, 3.63) is 32.1 Å². The maximum atomic E-state index is 13.6. The molecule has 1 aromatic heterocycles. The van der Waals surface area contributed by atoms with Crippen LogP contribution in [-0.2, 0) is 4.74 Å². The summed E-state index contributed by atoms with van der Waals surface area (Å²) in [4.78, 5) is 24.4. The minimum Gasteiger partial charge on any atom is -0.394 e. The number of alkyl halides is 1. The maximum absolute atomic E-state index is 13.6. The van der Waals surface area contributed by atoms with E-state index in [0.717, 1.165) is 10.8 Å². The first-order chi connectivity index (χ1) is 8.02. The van der Waals surface area contributed by atoms with Crippen molar-refractivity contribution in [1.29, 1.82) is 0 Å². The zero-order valence-corrected chi connectivity index (χ0v) is 9.35. The van der Waals surface area contributed by atoms with Crippen LogP contribution in [0, 0.1) is 0 Å². The molecule has 1 aromatic rings. The van der Waals surface area contributed by atoms with Gasteiger partial charge in [0.15, 0.2) is 6.23 Å². The number of hydrogen-bond acceptors (Lipinski definition) is 4. The second kappa shape index (κ2) is 4.59. The van der Waals surface area contributed by atoms with Crippen LogP contribution >= 0.6 is 11.6 Å². The highest BCUT2D eigenvalue weighted by Crippen LogP contribution is 2.30. The number of aliphatic hydroxyl groups excluding tert-OH is 1. The van der Waals surface area contributed by atoms with Crippen LogP contribution in [0.25, 0.3) is 0 Å². The van der Waals surface area contributed by atoms with Crippen LogP contribution in [-0.4, -0.2) is 33.5 Å². The molecule has 0 bridgehead atoms. The van der Waals surface area contributed by atoms with Crippen molar-refractivity contribution < 1.29 is 14.2 Å². The normalized spacial score (nSPS) is 28.5. The molecule has 8 heteroatoms. The number of aromatic nitrogens is 2. The van der Waals surface area contributed by atoms with E-state index in [9.17, 15) is 14.0 Å². The Labute approximate surface area is 99.6 Å². The van der Waals surface area contributed by atoms with E-state index >= 15 is 0 Å². The van der Waals surface area contributed by atoms with Crippen LogP contribution < -0.4 is 11.2 Å². The molecular weight excluding hydrogens is 255 g/mol. The minimum atomic E-state index is -1.44. The molecule has 0 aliphatic carbocycles. The van der Waals surface area contributed by atoms with Crippen LogP contribution in [0.15, 0.2) is 15.8 Å². The first-order valence-corrected chi connectivity index (χ1v) is 5.32. The van der Waals surface area contributed by atoms with Crippen molar-refractivity contribution in [3.8, 4) is 0 Å². The molecule has 6 nitrogen and oxygen atoms in total. The Hall–Kier alpha value is -1.18. The third-order valence-corrected chi connectivity index (χ3v) is 2.80. The van der Waals surface area contributed by atoms with E-state index in [1.54, 1.807) is 0 Å². The van der Waals surface area contributed by atoms with Gasteiger partial charge in [-0.05, 0) is 0 Å². The number of ether oxygens (including phenoxy) is 1. The highest BCUT2D eigenvalue weighted by Gasteiger charge is 2.37. The Morgan fingerprint density at radius 3 is 2.94 bits per heavy atom. The van der Waals surface area contributed by atoms with E-state index in [1.807, 2.05) is 4.98 Å². The van der Waals surface area contributed by atoms with Gasteiger partial charge in [0.25, 0.3) is 5.56 Å². The van der Waals surface area contributed by atoms with Crippen molar-refractivity contribution in [1.82, 2.24) is 9.55 Å². The summed E-state index contributed by atoms with van der Waals surface area (Å²) in [5.41, 5.74) is -1.54.